The average molecular weight is 308 g/mol. The number of halogens is 2. The van der Waals surface area contributed by atoms with E-state index in [1.807, 2.05) is 32.0 Å². The Labute approximate surface area is 127 Å². The summed E-state index contributed by atoms with van der Waals surface area (Å²) >= 11 is 5.64. The molecular formula is C16H15ClFNO2. The molecule has 0 aliphatic rings. The van der Waals surface area contributed by atoms with Crippen LogP contribution >= 0.6 is 11.6 Å². The quantitative estimate of drug-likeness (QED) is 0.923. The van der Waals surface area contributed by atoms with Crippen LogP contribution in [0.3, 0.4) is 0 Å². The molecule has 3 nitrogen and oxygen atoms in total. The highest BCUT2D eigenvalue weighted by atomic mass is 35.5. The zero-order valence-electron chi connectivity index (χ0n) is 11.7. The van der Waals surface area contributed by atoms with Crippen molar-refractivity contribution in [3.8, 4) is 5.75 Å². The van der Waals surface area contributed by atoms with Gasteiger partial charge in [-0.1, -0.05) is 29.3 Å². The molecular weight excluding hydrogens is 293 g/mol. The van der Waals surface area contributed by atoms with E-state index in [-0.39, 0.29) is 17.5 Å². The first kappa shape index (κ1) is 15.3. The molecule has 1 N–H and O–H groups in total. The molecule has 0 heterocycles. The van der Waals surface area contributed by atoms with Crippen LogP contribution in [-0.4, -0.2) is 12.5 Å². The summed E-state index contributed by atoms with van der Waals surface area (Å²) in [5, 5.41) is 2.72. The van der Waals surface area contributed by atoms with E-state index in [9.17, 15) is 9.18 Å². The van der Waals surface area contributed by atoms with Gasteiger partial charge in [-0.2, -0.15) is 0 Å². The number of nitrogens with one attached hydrogen (secondary N) is 1. The van der Waals surface area contributed by atoms with E-state index < -0.39 is 5.82 Å². The van der Waals surface area contributed by atoms with Gasteiger partial charge < -0.3 is 10.1 Å². The molecule has 0 aliphatic carbocycles. The topological polar surface area (TPSA) is 38.3 Å². The summed E-state index contributed by atoms with van der Waals surface area (Å²) in [5.74, 6) is -0.469. The Hall–Kier alpha value is -2.07. The summed E-state index contributed by atoms with van der Waals surface area (Å²) < 4.78 is 18.3. The Kier molecular flexibility index (Phi) is 4.81. The third kappa shape index (κ3) is 4.20. The second kappa shape index (κ2) is 6.59. The standard InChI is InChI=1S/C16H15ClFNO2/c1-10-3-6-15(11(2)7-10)19-16(20)9-21-12-4-5-14(18)13(17)8-12/h3-8H,9H2,1-2H3,(H,19,20). The van der Waals surface area contributed by atoms with Gasteiger partial charge in [0.25, 0.3) is 5.91 Å². The highest BCUT2D eigenvalue weighted by Gasteiger charge is 2.07. The van der Waals surface area contributed by atoms with Crippen molar-refractivity contribution in [2.45, 2.75) is 13.8 Å². The fraction of sp³-hybridized carbons (Fsp3) is 0.188. The van der Waals surface area contributed by atoms with Crippen molar-refractivity contribution in [1.82, 2.24) is 0 Å². The van der Waals surface area contributed by atoms with Gasteiger partial charge in [-0.25, -0.2) is 4.39 Å². The number of hydrogen-bond acceptors (Lipinski definition) is 2. The first-order valence-corrected chi connectivity index (χ1v) is 6.78. The van der Waals surface area contributed by atoms with Crippen LogP contribution in [-0.2, 0) is 4.79 Å². The van der Waals surface area contributed by atoms with Crippen LogP contribution in [0, 0.1) is 19.7 Å². The molecule has 2 aromatic carbocycles. The summed E-state index contributed by atoms with van der Waals surface area (Å²) in [5.41, 5.74) is 2.85. The molecule has 0 saturated carbocycles. The minimum atomic E-state index is -0.524. The maximum absolute atomic E-state index is 13.0. The van der Waals surface area contributed by atoms with Crippen LogP contribution in [0.5, 0.6) is 5.75 Å². The maximum Gasteiger partial charge on any atom is 0.262 e. The Morgan fingerprint density at radius 2 is 2.00 bits per heavy atom. The third-order valence-corrected chi connectivity index (χ3v) is 3.21. The first-order chi connectivity index (χ1) is 9.95. The van der Waals surface area contributed by atoms with Crippen LogP contribution in [0.15, 0.2) is 36.4 Å². The summed E-state index contributed by atoms with van der Waals surface area (Å²) in [6, 6.07) is 9.70. The molecule has 0 atom stereocenters. The molecule has 0 spiro atoms. The molecule has 110 valence electrons. The zero-order valence-corrected chi connectivity index (χ0v) is 12.5. The summed E-state index contributed by atoms with van der Waals surface area (Å²) in [4.78, 5) is 11.8. The van der Waals surface area contributed by atoms with E-state index in [0.717, 1.165) is 16.8 Å². The number of aryl methyl sites for hydroxylation is 2. The second-order valence-corrected chi connectivity index (χ2v) is 5.14. The van der Waals surface area contributed by atoms with Crippen LogP contribution in [0.2, 0.25) is 5.02 Å². The molecule has 0 unspecified atom stereocenters. The van der Waals surface area contributed by atoms with Gasteiger partial charge in [-0.3, -0.25) is 4.79 Å². The number of rotatable bonds is 4. The number of carbonyl (C=O) groups is 1. The van der Waals surface area contributed by atoms with Gasteiger partial charge >= 0.3 is 0 Å². The highest BCUT2D eigenvalue weighted by Crippen LogP contribution is 2.21. The molecule has 0 saturated heterocycles. The molecule has 2 rings (SSSR count). The van der Waals surface area contributed by atoms with Crippen molar-refractivity contribution in [3.63, 3.8) is 0 Å². The lowest BCUT2D eigenvalue weighted by atomic mass is 10.1. The normalized spacial score (nSPS) is 10.3. The monoisotopic (exact) mass is 307 g/mol. The van der Waals surface area contributed by atoms with Crippen molar-refractivity contribution < 1.29 is 13.9 Å². The van der Waals surface area contributed by atoms with Crippen LogP contribution in [0.4, 0.5) is 10.1 Å². The van der Waals surface area contributed by atoms with Crippen molar-refractivity contribution in [2.24, 2.45) is 0 Å². The van der Waals surface area contributed by atoms with E-state index in [4.69, 9.17) is 16.3 Å². The lowest BCUT2D eigenvalue weighted by molar-refractivity contribution is -0.118. The molecule has 0 radical (unpaired) electrons. The molecule has 1 amide bonds. The predicted molar refractivity (Wildman–Crippen MR) is 81.5 cm³/mol. The number of benzene rings is 2. The first-order valence-electron chi connectivity index (χ1n) is 6.40. The van der Waals surface area contributed by atoms with Gasteiger partial charge in [-0.15, -0.1) is 0 Å². The SMILES string of the molecule is Cc1ccc(NC(=O)COc2ccc(F)c(Cl)c2)c(C)c1. The van der Waals surface area contributed by atoms with Gasteiger partial charge in [0.15, 0.2) is 6.61 Å². The van der Waals surface area contributed by atoms with Crippen molar-refractivity contribution >= 4 is 23.2 Å². The lowest BCUT2D eigenvalue weighted by Crippen LogP contribution is -2.20. The maximum atomic E-state index is 13.0. The smallest absolute Gasteiger partial charge is 0.262 e. The van der Waals surface area contributed by atoms with E-state index in [2.05, 4.69) is 5.32 Å². The molecule has 2 aromatic rings. The van der Waals surface area contributed by atoms with Gasteiger partial charge in [0.05, 0.1) is 5.02 Å². The van der Waals surface area contributed by atoms with Crippen molar-refractivity contribution in [3.05, 3.63) is 58.4 Å². The molecule has 0 fully saturated rings. The van der Waals surface area contributed by atoms with Gasteiger partial charge in [0, 0.05) is 11.8 Å². The molecule has 0 aliphatic heterocycles. The van der Waals surface area contributed by atoms with Gasteiger partial charge in [0.2, 0.25) is 0 Å². The Morgan fingerprint density at radius 1 is 1.24 bits per heavy atom. The minimum Gasteiger partial charge on any atom is -0.484 e. The Morgan fingerprint density at radius 3 is 2.67 bits per heavy atom. The average Bonchev–Trinajstić information content (AvgIpc) is 2.43. The number of amides is 1. The molecule has 5 heteroatoms. The number of hydrogen-bond donors (Lipinski definition) is 1. The zero-order chi connectivity index (χ0) is 15.4. The lowest BCUT2D eigenvalue weighted by Gasteiger charge is -2.10. The Balaban J connectivity index is 1.94. The third-order valence-electron chi connectivity index (χ3n) is 2.92. The summed E-state index contributed by atoms with van der Waals surface area (Å²) in [7, 11) is 0. The minimum absolute atomic E-state index is 0.0395. The van der Waals surface area contributed by atoms with Gasteiger partial charge in [-0.05, 0) is 37.6 Å². The number of ether oxygens (including phenoxy) is 1. The summed E-state index contributed by atoms with van der Waals surface area (Å²) in [6.45, 7) is 3.73. The van der Waals surface area contributed by atoms with Crippen molar-refractivity contribution in [2.75, 3.05) is 11.9 Å². The number of anilines is 1. The van der Waals surface area contributed by atoms with E-state index in [1.165, 1.54) is 18.2 Å². The predicted octanol–water partition coefficient (Wildman–Crippen LogP) is 4.11. The molecule has 0 aromatic heterocycles. The van der Waals surface area contributed by atoms with E-state index >= 15 is 0 Å². The van der Waals surface area contributed by atoms with Gasteiger partial charge in [0.1, 0.15) is 11.6 Å². The van der Waals surface area contributed by atoms with E-state index in [0.29, 0.717) is 5.75 Å². The number of carbonyl (C=O) groups excluding carboxylic acids is 1. The highest BCUT2D eigenvalue weighted by molar-refractivity contribution is 6.30. The van der Waals surface area contributed by atoms with E-state index in [1.54, 1.807) is 0 Å². The largest absolute Gasteiger partial charge is 0.484 e. The van der Waals surface area contributed by atoms with Crippen LogP contribution < -0.4 is 10.1 Å². The molecule has 0 bridgehead atoms. The fourth-order valence-electron chi connectivity index (χ4n) is 1.86. The van der Waals surface area contributed by atoms with Crippen LogP contribution in [0.1, 0.15) is 11.1 Å². The fourth-order valence-corrected chi connectivity index (χ4v) is 2.03. The van der Waals surface area contributed by atoms with Crippen LogP contribution in [0.25, 0.3) is 0 Å². The summed E-state index contributed by atoms with van der Waals surface area (Å²) in [6.07, 6.45) is 0. The Bertz CT molecular complexity index is 673. The second-order valence-electron chi connectivity index (χ2n) is 4.73. The molecule has 21 heavy (non-hydrogen) atoms. The van der Waals surface area contributed by atoms with Crippen molar-refractivity contribution in [1.29, 1.82) is 0 Å².